The van der Waals surface area contributed by atoms with Gasteiger partial charge in [0.2, 0.25) is 0 Å². The predicted octanol–water partition coefficient (Wildman–Crippen LogP) is 2.38. The summed E-state index contributed by atoms with van der Waals surface area (Å²) in [6, 6.07) is 4.32. The maximum absolute atomic E-state index is 13.0. The zero-order chi connectivity index (χ0) is 12.0. The van der Waals surface area contributed by atoms with Gasteiger partial charge in [-0.2, -0.15) is 0 Å². The molecule has 17 heavy (non-hydrogen) atoms. The van der Waals surface area contributed by atoms with E-state index in [1.54, 1.807) is 6.07 Å². The molecule has 0 saturated carbocycles. The zero-order valence-electron chi connectivity index (χ0n) is 9.99. The van der Waals surface area contributed by atoms with E-state index in [9.17, 15) is 4.39 Å². The summed E-state index contributed by atoms with van der Waals surface area (Å²) in [6.07, 6.45) is 2.76. The van der Waals surface area contributed by atoms with Gasteiger partial charge in [-0.25, -0.2) is 4.39 Å². The Kier molecular flexibility index (Phi) is 7.87. The molecule has 3 nitrogen and oxygen atoms in total. The maximum Gasteiger partial charge on any atom is 0.126 e. The lowest BCUT2D eigenvalue weighted by atomic mass is 10.0. The molecule has 0 bridgehead atoms. The first-order chi connectivity index (χ1) is 7.69. The minimum atomic E-state index is -0.310. The van der Waals surface area contributed by atoms with E-state index in [2.05, 4.69) is 0 Å². The standard InChI is InChI=1S/C12H19FN2O.ClH/c1-16-12-8-9(13)5-6-10(12)11(15)4-2-3-7-14;/h5-6,8,11H,2-4,7,14-15H2,1H3;1H/t11-;/m0./s1. The van der Waals surface area contributed by atoms with E-state index >= 15 is 0 Å². The van der Waals surface area contributed by atoms with Crippen LogP contribution in [-0.2, 0) is 0 Å². The van der Waals surface area contributed by atoms with Crippen molar-refractivity contribution in [2.75, 3.05) is 13.7 Å². The molecule has 0 heterocycles. The Morgan fingerprint density at radius 3 is 2.65 bits per heavy atom. The molecule has 0 saturated heterocycles. The third-order valence-electron chi connectivity index (χ3n) is 2.56. The van der Waals surface area contributed by atoms with E-state index in [1.807, 2.05) is 0 Å². The van der Waals surface area contributed by atoms with Gasteiger partial charge in [0.15, 0.2) is 0 Å². The SMILES string of the molecule is COc1cc(F)ccc1[C@@H](N)CCCCN.Cl. The van der Waals surface area contributed by atoms with Crippen LogP contribution in [0.5, 0.6) is 5.75 Å². The normalized spacial score (nSPS) is 11.8. The molecule has 0 aliphatic carbocycles. The number of methoxy groups -OCH3 is 1. The van der Waals surface area contributed by atoms with E-state index in [-0.39, 0.29) is 24.3 Å². The first kappa shape index (κ1) is 16.2. The van der Waals surface area contributed by atoms with Crippen molar-refractivity contribution in [1.82, 2.24) is 0 Å². The Labute approximate surface area is 108 Å². The van der Waals surface area contributed by atoms with Crippen molar-refractivity contribution >= 4 is 12.4 Å². The Hall–Kier alpha value is -0.840. The van der Waals surface area contributed by atoms with Crippen LogP contribution in [0.2, 0.25) is 0 Å². The highest BCUT2D eigenvalue weighted by Crippen LogP contribution is 2.27. The number of unbranched alkanes of at least 4 members (excludes halogenated alkanes) is 1. The van der Waals surface area contributed by atoms with Gasteiger partial charge in [-0.3, -0.25) is 0 Å². The monoisotopic (exact) mass is 262 g/mol. The zero-order valence-corrected chi connectivity index (χ0v) is 10.8. The molecule has 0 aliphatic heterocycles. The van der Waals surface area contributed by atoms with Crippen LogP contribution in [0.15, 0.2) is 18.2 Å². The molecule has 0 radical (unpaired) electrons. The summed E-state index contributed by atoms with van der Waals surface area (Å²) < 4.78 is 18.1. The predicted molar refractivity (Wildman–Crippen MR) is 70.0 cm³/mol. The maximum atomic E-state index is 13.0. The lowest BCUT2D eigenvalue weighted by Crippen LogP contribution is -2.12. The average molecular weight is 263 g/mol. The number of halogens is 2. The molecule has 1 rings (SSSR count). The molecule has 0 spiro atoms. The fraction of sp³-hybridized carbons (Fsp3) is 0.500. The number of benzene rings is 1. The molecule has 0 fully saturated rings. The van der Waals surface area contributed by atoms with Crippen molar-refractivity contribution in [2.24, 2.45) is 11.5 Å². The first-order valence-electron chi connectivity index (χ1n) is 5.48. The Morgan fingerprint density at radius 1 is 1.35 bits per heavy atom. The molecular weight excluding hydrogens is 243 g/mol. The van der Waals surface area contributed by atoms with E-state index < -0.39 is 0 Å². The van der Waals surface area contributed by atoms with Gasteiger partial charge in [0, 0.05) is 17.7 Å². The number of rotatable bonds is 6. The number of hydrogen-bond acceptors (Lipinski definition) is 3. The summed E-state index contributed by atoms with van der Waals surface area (Å²) in [5.74, 6) is 0.204. The van der Waals surface area contributed by atoms with E-state index in [1.165, 1.54) is 19.2 Å². The summed E-state index contributed by atoms with van der Waals surface area (Å²) >= 11 is 0. The van der Waals surface area contributed by atoms with Crippen LogP contribution in [0.25, 0.3) is 0 Å². The van der Waals surface area contributed by atoms with Gasteiger partial charge in [-0.1, -0.05) is 12.5 Å². The molecule has 1 atom stereocenters. The number of ether oxygens (including phenoxy) is 1. The number of nitrogens with two attached hydrogens (primary N) is 2. The number of hydrogen-bond donors (Lipinski definition) is 2. The van der Waals surface area contributed by atoms with Crippen molar-refractivity contribution in [1.29, 1.82) is 0 Å². The Bertz CT molecular complexity index is 336. The second-order valence-corrected chi connectivity index (χ2v) is 3.78. The van der Waals surface area contributed by atoms with Gasteiger partial charge >= 0.3 is 0 Å². The third kappa shape index (κ3) is 4.89. The highest BCUT2D eigenvalue weighted by Gasteiger charge is 2.12. The van der Waals surface area contributed by atoms with Crippen LogP contribution in [-0.4, -0.2) is 13.7 Å². The summed E-state index contributed by atoms with van der Waals surface area (Å²) in [4.78, 5) is 0. The van der Waals surface area contributed by atoms with E-state index in [0.717, 1.165) is 24.8 Å². The lowest BCUT2D eigenvalue weighted by Gasteiger charge is -2.15. The Morgan fingerprint density at radius 2 is 2.06 bits per heavy atom. The third-order valence-corrected chi connectivity index (χ3v) is 2.56. The first-order valence-corrected chi connectivity index (χ1v) is 5.48. The average Bonchev–Trinajstić information content (AvgIpc) is 2.29. The largest absolute Gasteiger partial charge is 0.496 e. The van der Waals surface area contributed by atoms with Gasteiger partial charge < -0.3 is 16.2 Å². The molecule has 4 N–H and O–H groups in total. The van der Waals surface area contributed by atoms with Crippen molar-refractivity contribution in [3.05, 3.63) is 29.6 Å². The summed E-state index contributed by atoms with van der Waals surface area (Å²) in [5.41, 5.74) is 12.3. The van der Waals surface area contributed by atoms with Gasteiger partial charge in [-0.15, -0.1) is 12.4 Å². The van der Waals surface area contributed by atoms with Crippen LogP contribution in [0.4, 0.5) is 4.39 Å². The minimum Gasteiger partial charge on any atom is -0.496 e. The topological polar surface area (TPSA) is 61.3 Å². The summed E-state index contributed by atoms with van der Waals surface area (Å²) in [7, 11) is 1.52. The van der Waals surface area contributed by atoms with Crippen LogP contribution < -0.4 is 16.2 Å². The molecule has 1 aromatic rings. The van der Waals surface area contributed by atoms with Gasteiger partial charge in [0.25, 0.3) is 0 Å². The second kappa shape index (κ2) is 8.28. The van der Waals surface area contributed by atoms with Gasteiger partial charge in [-0.05, 0) is 25.5 Å². The van der Waals surface area contributed by atoms with Crippen LogP contribution in [0.1, 0.15) is 30.9 Å². The molecule has 0 aliphatic rings. The van der Waals surface area contributed by atoms with Crippen molar-refractivity contribution in [3.63, 3.8) is 0 Å². The molecule has 0 aromatic heterocycles. The molecular formula is C12H20ClFN2O. The molecule has 0 unspecified atom stereocenters. The highest BCUT2D eigenvalue weighted by atomic mass is 35.5. The van der Waals surface area contributed by atoms with E-state index in [4.69, 9.17) is 16.2 Å². The highest BCUT2D eigenvalue weighted by molar-refractivity contribution is 5.85. The van der Waals surface area contributed by atoms with Crippen LogP contribution in [0, 0.1) is 5.82 Å². The van der Waals surface area contributed by atoms with Crippen LogP contribution >= 0.6 is 12.4 Å². The van der Waals surface area contributed by atoms with Crippen molar-refractivity contribution in [3.8, 4) is 5.75 Å². The van der Waals surface area contributed by atoms with Crippen molar-refractivity contribution in [2.45, 2.75) is 25.3 Å². The fourth-order valence-electron chi connectivity index (χ4n) is 1.66. The molecule has 98 valence electrons. The fourth-order valence-corrected chi connectivity index (χ4v) is 1.66. The van der Waals surface area contributed by atoms with Crippen molar-refractivity contribution < 1.29 is 9.13 Å². The molecule has 5 heteroatoms. The second-order valence-electron chi connectivity index (χ2n) is 3.78. The Balaban J connectivity index is 0.00000256. The summed E-state index contributed by atoms with van der Waals surface area (Å²) in [5, 5.41) is 0. The van der Waals surface area contributed by atoms with E-state index in [0.29, 0.717) is 12.3 Å². The smallest absolute Gasteiger partial charge is 0.126 e. The lowest BCUT2D eigenvalue weighted by molar-refractivity contribution is 0.400. The minimum absolute atomic E-state index is 0. The summed E-state index contributed by atoms with van der Waals surface area (Å²) in [6.45, 7) is 0.674. The quantitative estimate of drug-likeness (QED) is 0.774. The molecule has 0 amide bonds. The molecule has 1 aromatic carbocycles. The van der Waals surface area contributed by atoms with Gasteiger partial charge in [0.1, 0.15) is 11.6 Å². The van der Waals surface area contributed by atoms with Crippen LogP contribution in [0.3, 0.4) is 0 Å². The van der Waals surface area contributed by atoms with Gasteiger partial charge in [0.05, 0.1) is 7.11 Å².